The lowest BCUT2D eigenvalue weighted by Crippen LogP contribution is -2.49. The molecule has 0 amide bonds. The summed E-state index contributed by atoms with van der Waals surface area (Å²) in [6.45, 7) is 1.51. The lowest BCUT2D eigenvalue weighted by molar-refractivity contribution is -0.157. The Balaban J connectivity index is 1.62. The maximum atomic E-state index is 9.93. The monoisotopic (exact) mass is 209 g/mol. The van der Waals surface area contributed by atoms with Crippen LogP contribution >= 0.6 is 0 Å². The fraction of sp³-hybridized carbons (Fsp3) is 0.917. The van der Waals surface area contributed by atoms with Crippen molar-refractivity contribution in [2.45, 2.75) is 38.2 Å². The summed E-state index contributed by atoms with van der Waals surface area (Å²) in [4.78, 5) is 9.93. The summed E-state index contributed by atoms with van der Waals surface area (Å²) in [6.07, 6.45) is 7.15. The topological polar surface area (TPSA) is 35.5 Å². The molecule has 0 aliphatic heterocycles. The van der Waals surface area contributed by atoms with E-state index < -0.39 is 0 Å². The van der Waals surface area contributed by atoms with Crippen molar-refractivity contribution in [3.63, 3.8) is 0 Å². The fourth-order valence-corrected chi connectivity index (χ4v) is 4.28. The Kier molecular flexibility index (Phi) is 2.43. The summed E-state index contributed by atoms with van der Waals surface area (Å²) < 4.78 is 10.2. The van der Waals surface area contributed by atoms with E-state index in [2.05, 4.69) is 4.74 Å². The van der Waals surface area contributed by atoms with Gasteiger partial charge < -0.3 is 9.47 Å². The minimum absolute atomic E-state index is 0.0938. The second kappa shape index (κ2) is 3.78. The Morgan fingerprint density at radius 1 is 1.00 bits per heavy atom. The van der Waals surface area contributed by atoms with Gasteiger partial charge in [0.25, 0.3) is 0 Å². The minimum atomic E-state index is 0.0938. The number of carbonyl (C=O) groups excluding carboxylic acids is 1. The molecule has 3 nitrogen and oxygen atoms in total. The molecule has 0 atom stereocenters. The van der Waals surface area contributed by atoms with Gasteiger partial charge in [-0.25, -0.2) is 4.79 Å². The molecule has 1 radical (unpaired) electrons. The second-order valence-corrected chi connectivity index (χ2v) is 5.41. The molecule has 3 heteroatoms. The highest BCUT2D eigenvalue weighted by Gasteiger charge is 2.48. The van der Waals surface area contributed by atoms with Crippen LogP contribution in [0.4, 0.5) is 0 Å². The third-order valence-electron chi connectivity index (χ3n) is 4.52. The van der Waals surface area contributed by atoms with Crippen molar-refractivity contribution in [3.05, 3.63) is 0 Å². The van der Waals surface area contributed by atoms with Gasteiger partial charge in [-0.1, -0.05) is 0 Å². The summed E-state index contributed by atoms with van der Waals surface area (Å²) >= 11 is 0. The fourth-order valence-electron chi connectivity index (χ4n) is 4.28. The number of rotatable bonds is 4. The maximum Gasteiger partial charge on any atom is 0.419 e. The van der Waals surface area contributed by atoms with Crippen LogP contribution < -0.4 is 0 Å². The number of hydrogen-bond acceptors (Lipinski definition) is 3. The average molecular weight is 209 g/mol. The van der Waals surface area contributed by atoms with E-state index in [1.807, 2.05) is 0 Å². The van der Waals surface area contributed by atoms with Crippen molar-refractivity contribution in [3.8, 4) is 0 Å². The van der Waals surface area contributed by atoms with Crippen LogP contribution in [0.5, 0.6) is 0 Å². The standard InChI is InChI=1S/C12H17O3/c13-6-14-7-15-12-10-2-8-1-9(4-10)5-11(12)3-8/h8-12H,1-5,7H2. The molecule has 0 N–H and O–H groups in total. The maximum absolute atomic E-state index is 9.93. The van der Waals surface area contributed by atoms with Gasteiger partial charge in [0.2, 0.25) is 0 Å². The van der Waals surface area contributed by atoms with Crippen molar-refractivity contribution in [1.29, 1.82) is 0 Å². The van der Waals surface area contributed by atoms with Crippen LogP contribution in [0.25, 0.3) is 0 Å². The summed E-state index contributed by atoms with van der Waals surface area (Å²) in [5.74, 6) is 3.39. The minimum Gasteiger partial charge on any atom is -0.430 e. The molecule has 4 aliphatic carbocycles. The summed E-state index contributed by atoms with van der Waals surface area (Å²) in [6, 6.07) is 0. The highest BCUT2D eigenvalue weighted by atomic mass is 16.7. The molecule has 0 aromatic carbocycles. The molecule has 0 spiro atoms. The first-order chi connectivity index (χ1) is 7.36. The Morgan fingerprint density at radius 3 is 2.13 bits per heavy atom. The van der Waals surface area contributed by atoms with E-state index in [1.54, 1.807) is 0 Å². The first-order valence-electron chi connectivity index (χ1n) is 5.97. The summed E-state index contributed by atoms with van der Waals surface area (Å²) in [5, 5.41) is 0. The van der Waals surface area contributed by atoms with Crippen molar-refractivity contribution in [2.24, 2.45) is 23.7 Å². The van der Waals surface area contributed by atoms with E-state index in [0.717, 1.165) is 23.7 Å². The van der Waals surface area contributed by atoms with Crippen LogP contribution in [0.2, 0.25) is 0 Å². The summed E-state index contributed by atoms with van der Waals surface area (Å²) in [5.41, 5.74) is 0. The Hall–Kier alpha value is -0.570. The molecule has 0 aromatic rings. The van der Waals surface area contributed by atoms with E-state index in [9.17, 15) is 4.79 Å². The lowest BCUT2D eigenvalue weighted by atomic mass is 9.55. The molecule has 4 fully saturated rings. The molecule has 4 bridgehead atoms. The van der Waals surface area contributed by atoms with Gasteiger partial charge in [-0.05, 0) is 55.8 Å². The molecule has 0 heterocycles. The van der Waals surface area contributed by atoms with Crippen LogP contribution in [0.15, 0.2) is 0 Å². The van der Waals surface area contributed by atoms with Gasteiger partial charge in [-0.15, -0.1) is 0 Å². The Labute approximate surface area is 90.1 Å². The van der Waals surface area contributed by atoms with Crippen molar-refractivity contribution >= 4 is 6.47 Å². The molecular formula is C12H17O3. The highest BCUT2D eigenvalue weighted by Crippen LogP contribution is 2.54. The van der Waals surface area contributed by atoms with Crippen LogP contribution in [0.3, 0.4) is 0 Å². The molecule has 0 saturated heterocycles. The number of ether oxygens (including phenoxy) is 2. The van der Waals surface area contributed by atoms with Crippen molar-refractivity contribution in [2.75, 3.05) is 6.79 Å². The lowest BCUT2D eigenvalue weighted by Gasteiger charge is -2.53. The van der Waals surface area contributed by atoms with E-state index in [1.165, 1.54) is 38.6 Å². The van der Waals surface area contributed by atoms with Crippen LogP contribution in [-0.4, -0.2) is 19.4 Å². The highest BCUT2D eigenvalue weighted by molar-refractivity contribution is 5.37. The molecule has 4 rings (SSSR count). The molecule has 4 aliphatic rings. The zero-order valence-corrected chi connectivity index (χ0v) is 8.85. The predicted molar refractivity (Wildman–Crippen MR) is 53.6 cm³/mol. The SMILES string of the molecule is O=[C]OCOC1C2CC3CC(C2)CC1C3. The van der Waals surface area contributed by atoms with Crippen LogP contribution in [0, 0.1) is 23.7 Å². The molecule has 0 aromatic heterocycles. The quantitative estimate of drug-likeness (QED) is 0.523. The molecule has 0 unspecified atom stereocenters. The van der Waals surface area contributed by atoms with E-state index >= 15 is 0 Å². The normalized spacial score (nSPS) is 46.8. The Morgan fingerprint density at radius 2 is 1.60 bits per heavy atom. The third-order valence-corrected chi connectivity index (χ3v) is 4.52. The van der Waals surface area contributed by atoms with Gasteiger partial charge in [0.1, 0.15) is 0 Å². The van der Waals surface area contributed by atoms with Gasteiger partial charge in [0, 0.05) is 0 Å². The zero-order valence-electron chi connectivity index (χ0n) is 8.85. The smallest absolute Gasteiger partial charge is 0.419 e. The second-order valence-electron chi connectivity index (χ2n) is 5.41. The van der Waals surface area contributed by atoms with Gasteiger partial charge in [-0.2, -0.15) is 0 Å². The van der Waals surface area contributed by atoms with Crippen LogP contribution in [0.1, 0.15) is 32.1 Å². The van der Waals surface area contributed by atoms with Crippen molar-refractivity contribution < 1.29 is 14.3 Å². The summed E-state index contributed by atoms with van der Waals surface area (Å²) in [7, 11) is 0. The van der Waals surface area contributed by atoms with Gasteiger partial charge in [0.05, 0.1) is 6.10 Å². The van der Waals surface area contributed by atoms with Gasteiger partial charge in [0.15, 0.2) is 6.79 Å². The Bertz CT molecular complexity index is 223. The van der Waals surface area contributed by atoms with Gasteiger partial charge >= 0.3 is 6.47 Å². The first-order valence-corrected chi connectivity index (χ1v) is 5.97. The van der Waals surface area contributed by atoms with Crippen LogP contribution in [-0.2, 0) is 14.3 Å². The average Bonchev–Trinajstić information content (AvgIpc) is 2.21. The van der Waals surface area contributed by atoms with E-state index in [4.69, 9.17) is 4.74 Å². The van der Waals surface area contributed by atoms with Gasteiger partial charge in [-0.3, -0.25) is 0 Å². The third kappa shape index (κ3) is 1.67. The molecule has 83 valence electrons. The first kappa shape index (κ1) is 9.64. The van der Waals surface area contributed by atoms with Crippen molar-refractivity contribution in [1.82, 2.24) is 0 Å². The zero-order chi connectivity index (χ0) is 10.3. The largest absolute Gasteiger partial charge is 0.430 e. The molecule has 4 saturated carbocycles. The number of hydrogen-bond donors (Lipinski definition) is 0. The predicted octanol–water partition coefficient (Wildman–Crippen LogP) is 1.87. The van der Waals surface area contributed by atoms with E-state index in [-0.39, 0.29) is 6.79 Å². The van der Waals surface area contributed by atoms with E-state index in [0.29, 0.717) is 6.10 Å². The molecule has 15 heavy (non-hydrogen) atoms. The molecular weight excluding hydrogens is 192 g/mol.